The van der Waals surface area contributed by atoms with Gasteiger partial charge in [-0.15, -0.1) is 0 Å². The Morgan fingerprint density at radius 3 is 2.40 bits per heavy atom. The molecule has 7 nitrogen and oxygen atoms in total. The van der Waals surface area contributed by atoms with Crippen molar-refractivity contribution in [2.24, 2.45) is 17.8 Å². The zero-order valence-electron chi connectivity index (χ0n) is 16.7. The first-order valence-corrected chi connectivity index (χ1v) is 9.89. The molecule has 7 heteroatoms. The third-order valence-electron chi connectivity index (χ3n) is 6.39. The van der Waals surface area contributed by atoms with E-state index in [0.717, 1.165) is 0 Å². The van der Waals surface area contributed by atoms with Gasteiger partial charge in [0.1, 0.15) is 23.1 Å². The van der Waals surface area contributed by atoms with Gasteiger partial charge in [0.15, 0.2) is 17.3 Å². The van der Waals surface area contributed by atoms with Gasteiger partial charge < -0.3 is 15.3 Å². The van der Waals surface area contributed by atoms with Crippen molar-refractivity contribution in [1.29, 1.82) is 0 Å². The van der Waals surface area contributed by atoms with E-state index in [4.69, 9.17) is 0 Å². The van der Waals surface area contributed by atoms with Crippen molar-refractivity contribution in [1.82, 2.24) is 0 Å². The van der Waals surface area contributed by atoms with Crippen molar-refractivity contribution in [3.05, 3.63) is 51.5 Å². The molecular weight excluding hydrogens is 388 g/mol. The molecule has 30 heavy (non-hydrogen) atoms. The molecule has 0 heterocycles. The van der Waals surface area contributed by atoms with Crippen molar-refractivity contribution in [3.63, 3.8) is 0 Å². The maximum atomic E-state index is 13.3. The fourth-order valence-electron chi connectivity index (χ4n) is 5.18. The first-order chi connectivity index (χ1) is 14.1. The van der Waals surface area contributed by atoms with Crippen LogP contribution in [-0.4, -0.2) is 38.5 Å². The fourth-order valence-corrected chi connectivity index (χ4v) is 5.18. The standard InChI is InChI=1S/C23H22O7/c1-9(24)5-12-4-3-11-6-13-7-14-8-15(26)16(10(2)25)21(28)19(14)23(30)18(13)22(29)17(11)20(12)27/h3-4,13-14,19,26-27,30H,5-8H2,1-2H3. The SMILES string of the molecule is CC(=O)Cc1ccc2c(c1O)C(=O)C1=C(O)C3C(=O)C(C(C)=O)=C(O)CC3CC1C2. The Hall–Kier alpha value is -3.22. The van der Waals surface area contributed by atoms with Crippen LogP contribution in [0.2, 0.25) is 0 Å². The first-order valence-electron chi connectivity index (χ1n) is 9.89. The molecule has 3 aliphatic rings. The minimum atomic E-state index is -1.06. The quantitative estimate of drug-likeness (QED) is 0.653. The van der Waals surface area contributed by atoms with Crippen LogP contribution in [0.3, 0.4) is 0 Å². The first kappa shape index (κ1) is 20.1. The summed E-state index contributed by atoms with van der Waals surface area (Å²) in [7, 11) is 0. The summed E-state index contributed by atoms with van der Waals surface area (Å²) in [6, 6.07) is 3.34. The molecule has 0 saturated heterocycles. The van der Waals surface area contributed by atoms with Crippen LogP contribution in [0.25, 0.3) is 0 Å². The summed E-state index contributed by atoms with van der Waals surface area (Å²) in [5, 5.41) is 31.8. The third-order valence-corrected chi connectivity index (χ3v) is 6.39. The van der Waals surface area contributed by atoms with Gasteiger partial charge in [0.2, 0.25) is 0 Å². The Morgan fingerprint density at radius 1 is 1.07 bits per heavy atom. The number of allylic oxidation sites excluding steroid dienone is 4. The van der Waals surface area contributed by atoms with Gasteiger partial charge in [0, 0.05) is 24.0 Å². The van der Waals surface area contributed by atoms with E-state index in [1.807, 2.05) is 0 Å². The van der Waals surface area contributed by atoms with E-state index >= 15 is 0 Å². The minimum absolute atomic E-state index is 0.0178. The molecule has 0 aliphatic heterocycles. The second-order valence-electron chi connectivity index (χ2n) is 8.44. The number of rotatable bonds is 3. The molecule has 1 aromatic carbocycles. The number of aromatic hydroxyl groups is 1. The highest BCUT2D eigenvalue weighted by atomic mass is 16.3. The second-order valence-corrected chi connectivity index (χ2v) is 8.44. The van der Waals surface area contributed by atoms with Crippen LogP contribution in [0.1, 0.15) is 48.2 Å². The lowest BCUT2D eigenvalue weighted by atomic mass is 9.62. The number of carbonyl (C=O) groups is 4. The van der Waals surface area contributed by atoms with Crippen LogP contribution in [-0.2, 0) is 27.2 Å². The normalized spacial score (nSPS) is 25.6. The largest absolute Gasteiger partial charge is 0.511 e. The number of carbonyl (C=O) groups excluding carboxylic acids is 4. The van der Waals surface area contributed by atoms with Gasteiger partial charge in [0.05, 0.1) is 17.1 Å². The zero-order chi connectivity index (χ0) is 21.9. The number of Topliss-reactive ketones (excluding diaryl/α,β-unsaturated/α-hetero) is 4. The molecule has 0 amide bonds. The number of phenolic OH excluding ortho intramolecular Hbond substituents is 1. The van der Waals surface area contributed by atoms with Gasteiger partial charge in [-0.1, -0.05) is 12.1 Å². The van der Waals surface area contributed by atoms with Crippen LogP contribution in [0.15, 0.2) is 34.8 Å². The van der Waals surface area contributed by atoms with Crippen molar-refractivity contribution in [3.8, 4) is 5.75 Å². The number of hydrogen-bond donors (Lipinski definition) is 3. The summed E-state index contributed by atoms with van der Waals surface area (Å²) in [6.07, 6.45) is 0.848. The number of phenols is 1. The lowest BCUT2D eigenvalue weighted by Crippen LogP contribution is -2.42. The molecule has 3 unspecified atom stereocenters. The number of aliphatic hydroxyl groups is 2. The maximum Gasteiger partial charge on any atom is 0.196 e. The van der Waals surface area contributed by atoms with Gasteiger partial charge >= 0.3 is 0 Å². The summed E-state index contributed by atoms with van der Waals surface area (Å²) >= 11 is 0. The second kappa shape index (κ2) is 6.93. The van der Waals surface area contributed by atoms with E-state index in [1.54, 1.807) is 12.1 Å². The molecule has 0 bridgehead atoms. The topological polar surface area (TPSA) is 129 Å². The van der Waals surface area contributed by atoms with E-state index in [2.05, 4.69) is 0 Å². The van der Waals surface area contributed by atoms with E-state index in [9.17, 15) is 34.5 Å². The van der Waals surface area contributed by atoms with Crippen molar-refractivity contribution >= 4 is 23.1 Å². The highest BCUT2D eigenvalue weighted by Gasteiger charge is 2.49. The average molecular weight is 410 g/mol. The molecular formula is C23H22O7. The van der Waals surface area contributed by atoms with Crippen LogP contribution in [0.4, 0.5) is 0 Å². The van der Waals surface area contributed by atoms with Gasteiger partial charge in [0.25, 0.3) is 0 Å². The Kier molecular flexibility index (Phi) is 4.64. The molecule has 0 aromatic heterocycles. The number of fused-ring (bicyclic) bond motifs is 3. The van der Waals surface area contributed by atoms with Crippen molar-refractivity contribution in [2.45, 2.75) is 39.5 Å². The van der Waals surface area contributed by atoms with E-state index in [-0.39, 0.29) is 58.5 Å². The molecule has 0 saturated carbocycles. The molecule has 0 radical (unpaired) electrons. The maximum absolute atomic E-state index is 13.3. The summed E-state index contributed by atoms with van der Waals surface area (Å²) in [5.41, 5.74) is 0.769. The Labute approximate surface area is 172 Å². The average Bonchev–Trinajstić information content (AvgIpc) is 2.62. The summed E-state index contributed by atoms with van der Waals surface area (Å²) in [4.78, 5) is 49.4. The van der Waals surface area contributed by atoms with E-state index in [1.165, 1.54) is 13.8 Å². The van der Waals surface area contributed by atoms with E-state index in [0.29, 0.717) is 24.0 Å². The predicted molar refractivity (Wildman–Crippen MR) is 105 cm³/mol. The fraction of sp³-hybridized carbons (Fsp3) is 0.391. The van der Waals surface area contributed by atoms with Crippen LogP contribution in [0.5, 0.6) is 5.75 Å². The Bertz CT molecular complexity index is 1090. The molecule has 1 aromatic rings. The lowest BCUT2D eigenvalue weighted by molar-refractivity contribution is -0.125. The van der Waals surface area contributed by atoms with Crippen LogP contribution >= 0.6 is 0 Å². The van der Waals surface area contributed by atoms with Gasteiger partial charge in [-0.2, -0.15) is 0 Å². The highest BCUT2D eigenvalue weighted by Crippen LogP contribution is 2.49. The number of hydrogen-bond acceptors (Lipinski definition) is 7. The lowest BCUT2D eigenvalue weighted by Gasteiger charge is -2.40. The molecule has 0 spiro atoms. The molecule has 4 rings (SSSR count). The van der Waals surface area contributed by atoms with E-state index < -0.39 is 29.2 Å². The molecule has 3 atom stereocenters. The third kappa shape index (κ3) is 2.88. The van der Waals surface area contributed by atoms with Crippen molar-refractivity contribution < 1.29 is 34.5 Å². The summed E-state index contributed by atoms with van der Waals surface area (Å²) in [5.74, 6) is -4.71. The van der Waals surface area contributed by atoms with Crippen molar-refractivity contribution in [2.75, 3.05) is 0 Å². The zero-order valence-corrected chi connectivity index (χ0v) is 16.7. The van der Waals surface area contributed by atoms with Gasteiger partial charge in [-0.25, -0.2) is 0 Å². The van der Waals surface area contributed by atoms with Crippen LogP contribution < -0.4 is 0 Å². The molecule has 156 valence electrons. The molecule has 3 N–H and O–H groups in total. The van der Waals surface area contributed by atoms with Gasteiger partial charge in [-0.3, -0.25) is 19.2 Å². The van der Waals surface area contributed by atoms with Crippen LogP contribution in [0, 0.1) is 17.8 Å². The Morgan fingerprint density at radius 2 is 1.77 bits per heavy atom. The highest BCUT2D eigenvalue weighted by molar-refractivity contribution is 6.22. The summed E-state index contributed by atoms with van der Waals surface area (Å²) < 4.78 is 0. The number of aliphatic hydroxyl groups excluding tert-OH is 2. The Balaban J connectivity index is 1.82. The number of ketones is 4. The van der Waals surface area contributed by atoms with Gasteiger partial charge in [-0.05, 0) is 44.1 Å². The smallest absolute Gasteiger partial charge is 0.196 e. The number of benzene rings is 1. The molecule has 0 fully saturated rings. The predicted octanol–water partition coefficient (Wildman–Crippen LogP) is 2.70. The minimum Gasteiger partial charge on any atom is -0.511 e. The molecule has 3 aliphatic carbocycles. The summed E-state index contributed by atoms with van der Waals surface area (Å²) in [6.45, 7) is 2.56. The monoisotopic (exact) mass is 410 g/mol.